The number of hydrogen-bond donors (Lipinski definition) is 0. The maximum atomic E-state index is 11.9. The summed E-state index contributed by atoms with van der Waals surface area (Å²) in [5.74, 6) is 0. The van der Waals surface area contributed by atoms with Crippen molar-refractivity contribution < 1.29 is 8.42 Å². The fraction of sp³-hybridized carbons (Fsp3) is 0.143. The maximum Gasteiger partial charge on any atom is 0.0504 e. The Kier molecular flexibility index (Phi) is 3.28. The molecule has 2 nitrogen and oxygen atoms in total. The predicted molar refractivity (Wildman–Crippen MR) is 84.0 cm³/mol. The molecule has 19 heavy (non-hydrogen) atoms. The second-order valence-electron chi connectivity index (χ2n) is 4.27. The molecule has 3 rings (SSSR count). The lowest BCUT2D eigenvalue weighted by molar-refractivity contribution is 0.686. The van der Waals surface area contributed by atoms with E-state index in [0.29, 0.717) is 0 Å². The van der Waals surface area contributed by atoms with Crippen molar-refractivity contribution in [3.63, 3.8) is 0 Å². The summed E-state index contributed by atoms with van der Waals surface area (Å²) in [4.78, 5) is 1.64. The van der Waals surface area contributed by atoms with E-state index in [9.17, 15) is 8.42 Å². The highest BCUT2D eigenvalue weighted by Gasteiger charge is 2.15. The summed E-state index contributed by atoms with van der Waals surface area (Å²) in [6, 6.07) is 11.7. The lowest BCUT2D eigenvalue weighted by atomic mass is 10.1. The van der Waals surface area contributed by atoms with E-state index in [2.05, 4.69) is 0 Å². The van der Waals surface area contributed by atoms with Gasteiger partial charge in [-0.1, -0.05) is 12.1 Å². The Labute approximate surface area is 120 Å². The van der Waals surface area contributed by atoms with Crippen LogP contribution in [0, 0.1) is 0 Å². The first-order valence-corrected chi connectivity index (χ1v) is 9.64. The summed E-state index contributed by atoms with van der Waals surface area (Å²) in [5.41, 5.74) is 0. The minimum atomic E-state index is -1.05. The molecule has 2 aromatic carbocycles. The van der Waals surface area contributed by atoms with Gasteiger partial charge >= 0.3 is 0 Å². The van der Waals surface area contributed by atoms with Gasteiger partial charge < -0.3 is 0 Å². The van der Waals surface area contributed by atoms with Gasteiger partial charge in [0.05, 0.1) is 21.6 Å². The molecule has 2 atom stereocenters. The van der Waals surface area contributed by atoms with Crippen LogP contribution >= 0.6 is 11.3 Å². The van der Waals surface area contributed by atoms with Gasteiger partial charge in [0.15, 0.2) is 0 Å². The van der Waals surface area contributed by atoms with Crippen molar-refractivity contribution in [3.8, 4) is 0 Å². The Morgan fingerprint density at radius 2 is 1.21 bits per heavy atom. The van der Waals surface area contributed by atoms with Crippen LogP contribution in [-0.4, -0.2) is 20.9 Å². The van der Waals surface area contributed by atoms with Crippen molar-refractivity contribution >= 4 is 53.1 Å². The maximum absolute atomic E-state index is 11.9. The van der Waals surface area contributed by atoms with Crippen LogP contribution in [-0.2, 0) is 21.6 Å². The first-order chi connectivity index (χ1) is 9.09. The molecule has 0 saturated heterocycles. The lowest BCUT2D eigenvalue weighted by Crippen LogP contribution is -1.91. The van der Waals surface area contributed by atoms with E-state index >= 15 is 0 Å². The molecule has 0 aliphatic carbocycles. The first kappa shape index (κ1) is 13.0. The van der Waals surface area contributed by atoms with Gasteiger partial charge in [-0.15, -0.1) is 11.3 Å². The van der Waals surface area contributed by atoms with Crippen molar-refractivity contribution in [3.05, 3.63) is 36.4 Å². The Hall–Kier alpha value is -1.04. The molecular formula is C14H12O2S3. The smallest absolute Gasteiger partial charge is 0.0504 e. The van der Waals surface area contributed by atoms with Crippen molar-refractivity contribution in [2.75, 3.05) is 12.5 Å². The Morgan fingerprint density at radius 3 is 1.58 bits per heavy atom. The van der Waals surface area contributed by atoms with Gasteiger partial charge in [0, 0.05) is 42.5 Å². The van der Waals surface area contributed by atoms with Crippen LogP contribution in [0.3, 0.4) is 0 Å². The van der Waals surface area contributed by atoms with Gasteiger partial charge in [-0.05, 0) is 24.3 Å². The third-order valence-corrected chi connectivity index (χ3v) is 6.10. The van der Waals surface area contributed by atoms with Crippen LogP contribution in [0.2, 0.25) is 0 Å². The number of hydrogen-bond acceptors (Lipinski definition) is 3. The topological polar surface area (TPSA) is 34.1 Å². The zero-order chi connectivity index (χ0) is 13.6. The number of thiophene rings is 1. The highest BCUT2D eigenvalue weighted by molar-refractivity contribution is 7.85. The van der Waals surface area contributed by atoms with E-state index in [1.165, 1.54) is 0 Å². The molecule has 98 valence electrons. The molecule has 0 bridgehead atoms. The quantitative estimate of drug-likeness (QED) is 0.726. The van der Waals surface area contributed by atoms with Crippen molar-refractivity contribution in [2.24, 2.45) is 0 Å². The predicted octanol–water partition coefficient (Wildman–Crippen LogP) is 3.53. The van der Waals surface area contributed by atoms with Crippen LogP contribution < -0.4 is 0 Å². The minimum Gasteiger partial charge on any atom is -0.255 e. The fourth-order valence-electron chi connectivity index (χ4n) is 2.28. The SMILES string of the molecule is CS(=O)c1cccc2sc3cccc(S(C)=O)c3c12. The zero-order valence-electron chi connectivity index (χ0n) is 10.5. The molecule has 1 heterocycles. The molecule has 3 aromatic rings. The Balaban J connectivity index is 2.59. The van der Waals surface area contributed by atoms with Gasteiger partial charge in [0.2, 0.25) is 0 Å². The molecule has 0 fully saturated rings. The Morgan fingerprint density at radius 1 is 0.789 bits per heavy atom. The normalized spacial score (nSPS) is 14.8. The molecule has 0 spiro atoms. The highest BCUT2D eigenvalue weighted by Crippen LogP contribution is 2.39. The number of benzene rings is 2. The zero-order valence-corrected chi connectivity index (χ0v) is 13.0. The summed E-state index contributed by atoms with van der Waals surface area (Å²) >= 11 is 1.66. The second-order valence-corrected chi connectivity index (χ2v) is 8.05. The van der Waals surface area contributed by atoms with E-state index in [0.717, 1.165) is 30.0 Å². The summed E-state index contributed by atoms with van der Waals surface area (Å²) in [5, 5.41) is 1.99. The Bertz CT molecular complexity index is 765. The van der Waals surface area contributed by atoms with Crippen LogP contribution in [0.1, 0.15) is 0 Å². The van der Waals surface area contributed by atoms with E-state index < -0.39 is 21.6 Å². The first-order valence-electron chi connectivity index (χ1n) is 5.70. The number of fused-ring (bicyclic) bond motifs is 3. The van der Waals surface area contributed by atoms with Gasteiger partial charge in [-0.25, -0.2) is 0 Å². The van der Waals surface area contributed by atoms with Crippen molar-refractivity contribution in [1.29, 1.82) is 0 Å². The molecule has 2 unspecified atom stereocenters. The molecule has 1 aromatic heterocycles. The molecule has 0 aliphatic heterocycles. The average molecular weight is 308 g/mol. The average Bonchev–Trinajstić information content (AvgIpc) is 2.76. The van der Waals surface area contributed by atoms with Crippen LogP contribution in [0.4, 0.5) is 0 Å². The van der Waals surface area contributed by atoms with Crippen molar-refractivity contribution in [1.82, 2.24) is 0 Å². The fourth-order valence-corrected chi connectivity index (χ4v) is 5.11. The molecule has 0 aliphatic rings. The molecular weight excluding hydrogens is 296 g/mol. The highest BCUT2D eigenvalue weighted by atomic mass is 32.2. The minimum absolute atomic E-state index is 0.821. The van der Waals surface area contributed by atoms with Gasteiger partial charge in [0.25, 0.3) is 0 Å². The molecule has 0 saturated carbocycles. The molecule has 0 N–H and O–H groups in total. The van der Waals surface area contributed by atoms with E-state index in [4.69, 9.17) is 0 Å². The van der Waals surface area contributed by atoms with Gasteiger partial charge in [-0.3, -0.25) is 8.42 Å². The van der Waals surface area contributed by atoms with Crippen LogP contribution in [0.25, 0.3) is 20.2 Å². The number of rotatable bonds is 2. The molecule has 5 heteroatoms. The largest absolute Gasteiger partial charge is 0.255 e. The van der Waals surface area contributed by atoms with Crippen molar-refractivity contribution in [2.45, 2.75) is 9.79 Å². The lowest BCUT2D eigenvalue weighted by Gasteiger charge is -2.03. The summed E-state index contributed by atoms with van der Waals surface area (Å²) in [7, 11) is -2.10. The van der Waals surface area contributed by atoms with Crippen LogP contribution in [0.15, 0.2) is 46.2 Å². The van der Waals surface area contributed by atoms with E-state index in [1.807, 2.05) is 36.4 Å². The summed E-state index contributed by atoms with van der Waals surface area (Å²) < 4.78 is 26.0. The second kappa shape index (κ2) is 4.81. The van der Waals surface area contributed by atoms with Gasteiger partial charge in [0.1, 0.15) is 0 Å². The third-order valence-electron chi connectivity index (χ3n) is 3.07. The monoisotopic (exact) mass is 308 g/mol. The molecule has 0 amide bonds. The van der Waals surface area contributed by atoms with Crippen LogP contribution in [0.5, 0.6) is 0 Å². The molecule has 0 radical (unpaired) electrons. The van der Waals surface area contributed by atoms with E-state index in [1.54, 1.807) is 23.8 Å². The van der Waals surface area contributed by atoms with E-state index in [-0.39, 0.29) is 0 Å². The third kappa shape index (κ3) is 2.06. The summed E-state index contributed by atoms with van der Waals surface area (Å²) in [6.45, 7) is 0. The van der Waals surface area contributed by atoms with Gasteiger partial charge in [-0.2, -0.15) is 0 Å². The summed E-state index contributed by atoms with van der Waals surface area (Å²) in [6.07, 6.45) is 3.37. The standard InChI is InChI=1S/C14H12O2S3/c1-18(15)11-7-3-5-9-13(11)14-10(17-9)6-4-8-12(14)19(2)16/h3-8H,1-2H3.